The van der Waals surface area contributed by atoms with Crippen molar-refractivity contribution in [2.75, 3.05) is 7.11 Å². The number of benzene rings is 3. The smallest absolute Gasteiger partial charge is 0.118 e. The van der Waals surface area contributed by atoms with E-state index in [2.05, 4.69) is 55.2 Å². The van der Waals surface area contributed by atoms with Crippen LogP contribution in [0.5, 0.6) is 5.75 Å². The van der Waals surface area contributed by atoms with Crippen LogP contribution in [-0.2, 0) is 11.8 Å². The van der Waals surface area contributed by atoms with Crippen molar-refractivity contribution in [3.05, 3.63) is 102 Å². The Kier molecular flexibility index (Phi) is 5.21. The first-order chi connectivity index (χ1) is 12.2. The fourth-order valence-electron chi connectivity index (χ4n) is 2.91. The summed E-state index contributed by atoms with van der Waals surface area (Å²) < 4.78 is 5.26. The highest BCUT2D eigenvalue weighted by atomic mass is 16.5. The van der Waals surface area contributed by atoms with Crippen molar-refractivity contribution in [3.8, 4) is 17.6 Å². The molecule has 0 fully saturated rings. The number of methoxy groups -OCH3 is 1. The normalized spacial score (nSPS) is 12.6. The Labute approximate surface area is 150 Å². The third-order valence-electron chi connectivity index (χ3n) is 4.38. The summed E-state index contributed by atoms with van der Waals surface area (Å²) in [5.41, 5.74) is 3.26. The lowest BCUT2D eigenvalue weighted by Gasteiger charge is -2.25. The van der Waals surface area contributed by atoms with Crippen molar-refractivity contribution < 1.29 is 4.74 Å². The fraction of sp³-hybridized carbons (Fsp3) is 0.167. The van der Waals surface area contributed by atoms with Crippen LogP contribution in [-0.4, -0.2) is 7.11 Å². The third kappa shape index (κ3) is 4.31. The molecule has 1 atom stereocenters. The largest absolute Gasteiger partial charge is 0.497 e. The van der Waals surface area contributed by atoms with Gasteiger partial charge in [0.05, 0.1) is 12.5 Å². The van der Waals surface area contributed by atoms with E-state index in [1.807, 2.05) is 48.5 Å². The predicted octanol–water partition coefficient (Wildman–Crippen LogP) is 5.25. The number of ether oxygens (including phenoxy) is 1. The zero-order valence-electron chi connectivity index (χ0n) is 14.7. The summed E-state index contributed by atoms with van der Waals surface area (Å²) in [6, 6.07) is 28.9. The molecule has 3 aromatic carbocycles. The summed E-state index contributed by atoms with van der Waals surface area (Å²) in [5, 5.41) is 0. The molecule has 0 aliphatic carbocycles. The topological polar surface area (TPSA) is 9.23 Å². The van der Waals surface area contributed by atoms with Gasteiger partial charge in [0, 0.05) is 5.56 Å². The molecule has 0 saturated carbocycles. The van der Waals surface area contributed by atoms with E-state index in [9.17, 15) is 0 Å². The van der Waals surface area contributed by atoms with Gasteiger partial charge in [0.1, 0.15) is 5.75 Å². The second-order valence-electron chi connectivity index (χ2n) is 6.34. The molecule has 0 bridgehead atoms. The van der Waals surface area contributed by atoms with Gasteiger partial charge in [0.25, 0.3) is 0 Å². The van der Waals surface area contributed by atoms with Crippen molar-refractivity contribution in [2.24, 2.45) is 0 Å². The van der Waals surface area contributed by atoms with Gasteiger partial charge in [-0.15, -0.1) is 0 Å². The molecule has 1 heteroatoms. The highest BCUT2D eigenvalue weighted by Crippen LogP contribution is 2.28. The highest BCUT2D eigenvalue weighted by Gasteiger charge is 2.24. The second kappa shape index (κ2) is 7.73. The van der Waals surface area contributed by atoms with Crippen LogP contribution in [0, 0.1) is 11.8 Å². The van der Waals surface area contributed by atoms with Crippen LogP contribution in [0.25, 0.3) is 0 Å². The van der Waals surface area contributed by atoms with E-state index >= 15 is 0 Å². The van der Waals surface area contributed by atoms with Gasteiger partial charge < -0.3 is 4.74 Å². The van der Waals surface area contributed by atoms with E-state index in [0.29, 0.717) is 0 Å². The molecular formula is C24H22O. The van der Waals surface area contributed by atoms with Crippen LogP contribution in [0.15, 0.2) is 84.9 Å². The molecule has 0 unspecified atom stereocenters. The van der Waals surface area contributed by atoms with Crippen molar-refractivity contribution in [3.63, 3.8) is 0 Å². The fourth-order valence-corrected chi connectivity index (χ4v) is 2.91. The molecule has 0 N–H and O–H groups in total. The van der Waals surface area contributed by atoms with E-state index in [1.165, 1.54) is 11.1 Å². The zero-order chi connectivity index (χ0) is 17.5. The maximum atomic E-state index is 5.26. The molecule has 1 nitrogen and oxygen atoms in total. The van der Waals surface area contributed by atoms with Crippen molar-refractivity contribution >= 4 is 0 Å². The summed E-state index contributed by atoms with van der Waals surface area (Å²) in [6.07, 6.45) is 0.848. The lowest BCUT2D eigenvalue weighted by Crippen LogP contribution is -2.23. The third-order valence-corrected chi connectivity index (χ3v) is 4.38. The number of rotatable bonds is 4. The van der Waals surface area contributed by atoms with Gasteiger partial charge in [-0.3, -0.25) is 0 Å². The molecular weight excluding hydrogens is 304 g/mol. The van der Waals surface area contributed by atoms with Crippen LogP contribution in [0.2, 0.25) is 0 Å². The first-order valence-electron chi connectivity index (χ1n) is 8.46. The molecule has 3 rings (SSSR count). The van der Waals surface area contributed by atoms with Gasteiger partial charge in [-0.05, 0) is 48.7 Å². The van der Waals surface area contributed by atoms with Crippen LogP contribution < -0.4 is 4.74 Å². The maximum absolute atomic E-state index is 5.26. The van der Waals surface area contributed by atoms with Crippen LogP contribution in [0.4, 0.5) is 0 Å². The van der Waals surface area contributed by atoms with Gasteiger partial charge in [-0.25, -0.2) is 0 Å². The monoisotopic (exact) mass is 326 g/mol. The Morgan fingerprint density at radius 3 is 2.00 bits per heavy atom. The number of hydrogen-bond donors (Lipinski definition) is 0. The quantitative estimate of drug-likeness (QED) is 0.595. The highest BCUT2D eigenvalue weighted by molar-refractivity contribution is 5.43. The van der Waals surface area contributed by atoms with E-state index in [4.69, 9.17) is 4.74 Å². The lowest BCUT2D eigenvalue weighted by atomic mass is 9.77. The maximum Gasteiger partial charge on any atom is 0.118 e. The van der Waals surface area contributed by atoms with Gasteiger partial charge in [-0.1, -0.05) is 72.5 Å². The van der Waals surface area contributed by atoms with Crippen LogP contribution in [0.3, 0.4) is 0 Å². The van der Waals surface area contributed by atoms with Crippen LogP contribution >= 0.6 is 0 Å². The summed E-state index contributed by atoms with van der Waals surface area (Å²) in [6.45, 7) is 2.21. The first kappa shape index (κ1) is 16.9. The van der Waals surface area contributed by atoms with Crippen molar-refractivity contribution in [1.29, 1.82) is 0 Å². The Balaban J connectivity index is 1.96. The second-order valence-corrected chi connectivity index (χ2v) is 6.34. The Morgan fingerprint density at radius 2 is 1.40 bits per heavy atom. The summed E-state index contributed by atoms with van der Waals surface area (Å²) in [5.74, 6) is 7.75. The minimum absolute atomic E-state index is 0.258. The first-order valence-corrected chi connectivity index (χ1v) is 8.46. The molecule has 0 saturated heterocycles. The Bertz CT molecular complexity index is 855. The Morgan fingerprint density at radius 1 is 0.800 bits per heavy atom. The lowest BCUT2D eigenvalue weighted by molar-refractivity contribution is 0.414. The van der Waals surface area contributed by atoms with Gasteiger partial charge in [0.2, 0.25) is 0 Å². The molecule has 0 radical (unpaired) electrons. The average molecular weight is 326 g/mol. The van der Waals surface area contributed by atoms with E-state index in [-0.39, 0.29) is 5.41 Å². The van der Waals surface area contributed by atoms with Crippen molar-refractivity contribution in [2.45, 2.75) is 18.8 Å². The molecule has 0 aliphatic heterocycles. The number of hydrogen-bond acceptors (Lipinski definition) is 1. The standard InChI is InChI=1S/C24H22O/c1-24(22-11-7-4-8-12-22,18-17-20-9-5-3-6-10-20)19-21-13-15-23(25-2)16-14-21/h3-16H,19H2,1-2H3/t24-/m1/s1. The molecule has 25 heavy (non-hydrogen) atoms. The molecule has 0 heterocycles. The average Bonchev–Trinajstić information content (AvgIpc) is 2.68. The molecule has 3 aromatic rings. The van der Waals surface area contributed by atoms with Crippen LogP contribution in [0.1, 0.15) is 23.6 Å². The van der Waals surface area contributed by atoms with Gasteiger partial charge in [-0.2, -0.15) is 0 Å². The molecule has 0 aliphatic rings. The van der Waals surface area contributed by atoms with E-state index in [1.54, 1.807) is 7.11 Å². The molecule has 0 aromatic heterocycles. The summed E-state index contributed by atoms with van der Waals surface area (Å²) in [4.78, 5) is 0. The SMILES string of the molecule is COc1ccc(C[C@@](C)(C#Cc2ccccc2)c2ccccc2)cc1. The van der Waals surface area contributed by atoms with E-state index in [0.717, 1.165) is 17.7 Å². The Hall–Kier alpha value is -2.98. The molecule has 124 valence electrons. The predicted molar refractivity (Wildman–Crippen MR) is 104 cm³/mol. The minimum Gasteiger partial charge on any atom is -0.497 e. The molecule has 0 spiro atoms. The van der Waals surface area contributed by atoms with Gasteiger partial charge >= 0.3 is 0 Å². The van der Waals surface area contributed by atoms with Gasteiger partial charge in [0.15, 0.2) is 0 Å². The molecule has 0 amide bonds. The van der Waals surface area contributed by atoms with E-state index < -0.39 is 0 Å². The minimum atomic E-state index is -0.258. The summed E-state index contributed by atoms with van der Waals surface area (Å²) in [7, 11) is 1.69. The summed E-state index contributed by atoms with van der Waals surface area (Å²) >= 11 is 0. The zero-order valence-corrected chi connectivity index (χ0v) is 14.7. The van der Waals surface area contributed by atoms with Crippen molar-refractivity contribution in [1.82, 2.24) is 0 Å².